The highest BCUT2D eigenvalue weighted by Crippen LogP contribution is 2.45. The number of esters is 3. The Morgan fingerprint density at radius 1 is 0.358 bits per heavy atom. The van der Waals surface area contributed by atoms with E-state index in [0.717, 1.165) is 128 Å². The molecule has 0 heterocycles. The lowest BCUT2D eigenvalue weighted by atomic mass is 10.1. The number of carbonyl (C=O) groups excluding carboxylic acids is 3. The predicted octanol–water partition coefficient (Wildman–Crippen LogP) is 16.0. The highest BCUT2D eigenvalue weighted by Gasteiger charge is 2.29. The van der Waals surface area contributed by atoms with Crippen molar-refractivity contribution in [1.82, 2.24) is 0 Å². The second-order valence-electron chi connectivity index (χ2n) is 20.1. The van der Waals surface area contributed by atoms with Crippen molar-refractivity contribution in [2.45, 2.75) is 245 Å². The minimum atomic E-state index is -4.92. The Hall–Kier alpha value is -3.53. The van der Waals surface area contributed by atoms with E-state index in [1.54, 1.807) is 0 Å². The molecular weight excluding hydrogens is 1070 g/mol. The van der Waals surface area contributed by atoms with Crippen LogP contribution in [0.1, 0.15) is 226 Å². The Morgan fingerprint density at radius 2 is 0.654 bits per heavy atom. The van der Waals surface area contributed by atoms with E-state index in [-0.39, 0.29) is 19.3 Å². The number of carbonyl (C=O) groups is 3. The molecule has 0 rings (SSSR count). The Morgan fingerprint density at radius 3 is 1.05 bits per heavy atom. The summed E-state index contributed by atoms with van der Waals surface area (Å²) in [5, 5.41) is 20.5. The monoisotopic (exact) mass is 1180 g/mol. The quantitative estimate of drug-likeness (QED) is 0.0146. The number of unbranched alkanes of at least 4 members (excludes halogenated alkanes) is 18. The van der Waals surface area contributed by atoms with Gasteiger partial charge < -0.3 is 34.2 Å². The second-order valence-corrected chi connectivity index (χ2v) is 23.0. The van der Waals surface area contributed by atoms with E-state index >= 15 is 0 Å². The molecular formula is C63H108O16P2. The molecule has 5 atom stereocenters. The first-order chi connectivity index (χ1) is 39.2. The van der Waals surface area contributed by atoms with Gasteiger partial charge in [-0.05, 0) is 96.3 Å². The van der Waals surface area contributed by atoms with Crippen molar-refractivity contribution in [2.24, 2.45) is 0 Å². The normalized spacial score (nSPS) is 15.1. The van der Waals surface area contributed by atoms with Crippen LogP contribution in [0.3, 0.4) is 0 Å². The van der Waals surface area contributed by atoms with Gasteiger partial charge in [-0.3, -0.25) is 32.5 Å². The van der Waals surface area contributed by atoms with Gasteiger partial charge in [-0.1, -0.05) is 208 Å². The van der Waals surface area contributed by atoms with Gasteiger partial charge >= 0.3 is 33.6 Å². The number of ether oxygens (including phenoxy) is 3. The van der Waals surface area contributed by atoms with Crippen molar-refractivity contribution < 1.29 is 75.8 Å². The van der Waals surface area contributed by atoms with Crippen LogP contribution in [-0.2, 0) is 55.8 Å². The first kappa shape index (κ1) is 77.5. The van der Waals surface area contributed by atoms with Crippen molar-refractivity contribution in [3.05, 3.63) is 97.2 Å². The van der Waals surface area contributed by atoms with Gasteiger partial charge in [-0.25, -0.2) is 9.13 Å². The Bertz CT molecular complexity index is 1870. The highest BCUT2D eigenvalue weighted by molar-refractivity contribution is 7.47. The van der Waals surface area contributed by atoms with Crippen LogP contribution in [0.4, 0.5) is 0 Å². The number of hydrogen-bond acceptors (Lipinski definition) is 14. The molecule has 466 valence electrons. The second kappa shape index (κ2) is 56.9. The number of rotatable bonds is 57. The van der Waals surface area contributed by atoms with Crippen molar-refractivity contribution in [2.75, 3.05) is 39.6 Å². The molecule has 0 aromatic rings. The van der Waals surface area contributed by atoms with Crippen molar-refractivity contribution in [3.63, 3.8) is 0 Å². The van der Waals surface area contributed by atoms with E-state index in [4.69, 9.17) is 32.3 Å². The summed E-state index contributed by atoms with van der Waals surface area (Å²) in [6.07, 6.45) is 59.1. The number of phosphoric acid groups is 2. The van der Waals surface area contributed by atoms with Gasteiger partial charge in [0.1, 0.15) is 25.4 Å². The molecule has 18 heteroatoms. The summed E-state index contributed by atoms with van der Waals surface area (Å²) in [5.74, 6) is -1.63. The lowest BCUT2D eigenvalue weighted by Gasteiger charge is -2.21. The average molecular weight is 1180 g/mol. The lowest BCUT2D eigenvalue weighted by Crippen LogP contribution is -2.30. The zero-order valence-corrected chi connectivity index (χ0v) is 51.7. The smallest absolute Gasteiger partial charge is 0.463 e. The Labute approximate surface area is 488 Å². The molecule has 0 saturated heterocycles. The molecule has 0 saturated carbocycles. The lowest BCUT2D eigenvalue weighted by molar-refractivity contribution is -0.161. The Kier molecular flexibility index (Phi) is 54.4. The summed E-state index contributed by atoms with van der Waals surface area (Å²) in [6, 6.07) is 0. The predicted molar refractivity (Wildman–Crippen MR) is 325 cm³/mol. The third-order valence-electron chi connectivity index (χ3n) is 12.3. The molecule has 0 fully saturated rings. The molecule has 0 amide bonds. The summed E-state index contributed by atoms with van der Waals surface area (Å²) in [4.78, 5) is 58.1. The first-order valence-corrected chi connectivity index (χ1v) is 33.5. The molecule has 0 aliphatic carbocycles. The van der Waals surface area contributed by atoms with Crippen LogP contribution < -0.4 is 0 Å². The first-order valence-electron chi connectivity index (χ1n) is 30.5. The maximum atomic E-state index is 12.8. The number of aliphatic hydroxyl groups excluding tert-OH is 2. The number of hydrogen-bond donors (Lipinski definition) is 4. The minimum Gasteiger partial charge on any atom is -0.463 e. The average Bonchev–Trinajstić information content (AvgIpc) is 3.44. The van der Waals surface area contributed by atoms with Crippen LogP contribution >= 0.6 is 15.6 Å². The van der Waals surface area contributed by atoms with E-state index in [9.17, 15) is 43.5 Å². The van der Waals surface area contributed by atoms with Crippen LogP contribution in [0, 0.1) is 0 Å². The van der Waals surface area contributed by atoms with Crippen LogP contribution in [0.15, 0.2) is 97.2 Å². The molecule has 0 aromatic heterocycles. The molecule has 5 unspecified atom stereocenters. The van der Waals surface area contributed by atoms with E-state index < -0.39 is 91.5 Å². The molecule has 0 bridgehead atoms. The molecule has 0 aromatic carbocycles. The largest absolute Gasteiger partial charge is 0.472 e. The van der Waals surface area contributed by atoms with Gasteiger partial charge in [0, 0.05) is 19.3 Å². The van der Waals surface area contributed by atoms with Crippen molar-refractivity contribution in [3.8, 4) is 0 Å². The standard InChI is InChI=1S/C63H108O16P2/c1-4-7-10-13-16-19-22-24-26-27-28-29-31-33-35-37-40-43-46-49-61(66)73-52-58(64)53-75-80(69,70)76-54-59(65)55-77-81(71,72)78-57-60(79-63(68)51-48-45-42-39-34-21-18-15-12-9-6-3)56-74-62(67)50-47-44-41-38-36-32-30-25-23-20-17-14-11-8-5-2/h7-8,10-11,16-17,19-20,24-26,28-30,33,35,58-60,64-65H,4-6,9,12-15,18,21-23,27,31-32,34,36-57H2,1-3H3,(H,69,70)(H,71,72)/b10-7-,11-8-,19-16-,20-17-,26-24-,29-28-,30-25-,35-33-. The van der Waals surface area contributed by atoms with E-state index in [1.165, 1.54) is 38.5 Å². The minimum absolute atomic E-state index is 0.101. The number of allylic oxidation sites excluding steroid dienone is 16. The molecule has 0 aliphatic rings. The zero-order chi connectivity index (χ0) is 59.6. The van der Waals surface area contributed by atoms with Gasteiger partial charge in [0.15, 0.2) is 6.10 Å². The third-order valence-corrected chi connectivity index (χ3v) is 14.2. The molecule has 0 aliphatic heterocycles. The maximum Gasteiger partial charge on any atom is 0.472 e. The van der Waals surface area contributed by atoms with Crippen molar-refractivity contribution >= 4 is 33.6 Å². The summed E-state index contributed by atoms with van der Waals surface area (Å²) in [6.45, 7) is 2.34. The maximum absolute atomic E-state index is 12.8. The summed E-state index contributed by atoms with van der Waals surface area (Å²) in [7, 11) is -9.77. The summed E-state index contributed by atoms with van der Waals surface area (Å²) in [5.41, 5.74) is 0. The Balaban J connectivity index is 4.66. The van der Waals surface area contributed by atoms with E-state index in [0.29, 0.717) is 19.3 Å². The van der Waals surface area contributed by atoms with Crippen molar-refractivity contribution in [1.29, 1.82) is 0 Å². The fraction of sp³-hybridized carbons (Fsp3) is 0.698. The number of phosphoric ester groups is 2. The molecule has 16 nitrogen and oxygen atoms in total. The van der Waals surface area contributed by atoms with Crippen LogP contribution in [-0.4, -0.2) is 95.9 Å². The summed E-state index contributed by atoms with van der Waals surface area (Å²) < 4.78 is 60.6. The van der Waals surface area contributed by atoms with Gasteiger partial charge in [0.2, 0.25) is 0 Å². The third kappa shape index (κ3) is 58.1. The molecule has 0 spiro atoms. The van der Waals surface area contributed by atoms with Crippen LogP contribution in [0.5, 0.6) is 0 Å². The fourth-order valence-electron chi connectivity index (χ4n) is 7.67. The SMILES string of the molecule is CC/C=C\C/C=C\C/C=C\C/C=C\C/C=C\CCCCCC(=O)OCC(O)COP(=O)(O)OCC(O)COP(=O)(O)OCC(COC(=O)CCCCCCC/C=C\C/C=C\C/C=C\CC)OC(=O)CCCCCCCCCCCCC. The number of aliphatic hydroxyl groups is 2. The van der Waals surface area contributed by atoms with Crippen LogP contribution in [0.2, 0.25) is 0 Å². The molecule has 81 heavy (non-hydrogen) atoms. The summed E-state index contributed by atoms with van der Waals surface area (Å²) >= 11 is 0. The van der Waals surface area contributed by atoms with Crippen LogP contribution in [0.25, 0.3) is 0 Å². The van der Waals surface area contributed by atoms with E-state index in [2.05, 4.69) is 118 Å². The fourth-order valence-corrected chi connectivity index (χ4v) is 9.25. The van der Waals surface area contributed by atoms with Gasteiger partial charge in [0.05, 0.1) is 26.4 Å². The molecule has 0 radical (unpaired) electrons. The zero-order valence-electron chi connectivity index (χ0n) is 49.9. The molecule has 4 N–H and O–H groups in total. The van der Waals surface area contributed by atoms with Gasteiger partial charge in [-0.2, -0.15) is 0 Å². The topological polar surface area (TPSA) is 231 Å². The van der Waals surface area contributed by atoms with Gasteiger partial charge in [0.25, 0.3) is 0 Å². The highest BCUT2D eigenvalue weighted by atomic mass is 31.2. The van der Waals surface area contributed by atoms with Gasteiger partial charge in [-0.15, -0.1) is 0 Å². The van der Waals surface area contributed by atoms with E-state index in [1.807, 2.05) is 0 Å².